The Kier molecular flexibility index (Phi) is 6.20. The Morgan fingerprint density at radius 1 is 1.14 bits per heavy atom. The number of carboxylic acids is 1. The molecule has 6 heteroatoms. The van der Waals surface area contributed by atoms with Gasteiger partial charge in [-0.25, -0.2) is 0 Å². The highest BCUT2D eigenvalue weighted by molar-refractivity contribution is 5.78. The summed E-state index contributed by atoms with van der Waals surface area (Å²) in [5, 5.41) is 9.05. The first kappa shape index (κ1) is 17.2. The summed E-state index contributed by atoms with van der Waals surface area (Å²) in [7, 11) is 1.93. The molecule has 22 heavy (non-hydrogen) atoms. The molecule has 126 valence electrons. The summed E-state index contributed by atoms with van der Waals surface area (Å²) in [5.74, 6) is -0.576. The van der Waals surface area contributed by atoms with Gasteiger partial charge in [0, 0.05) is 39.3 Å². The molecule has 1 aliphatic heterocycles. The number of hydrogen-bond donors (Lipinski definition) is 1. The minimum atomic E-state index is -0.776. The van der Waals surface area contributed by atoms with Gasteiger partial charge in [-0.1, -0.05) is 19.3 Å². The van der Waals surface area contributed by atoms with Crippen LogP contribution >= 0.6 is 0 Å². The monoisotopic (exact) mass is 311 g/mol. The molecule has 1 aliphatic carbocycles. The van der Waals surface area contributed by atoms with E-state index < -0.39 is 12.0 Å². The molecular weight excluding hydrogens is 282 g/mol. The summed E-state index contributed by atoms with van der Waals surface area (Å²) >= 11 is 0. The van der Waals surface area contributed by atoms with Gasteiger partial charge in [-0.3, -0.25) is 19.4 Å². The molecule has 0 aromatic rings. The topological polar surface area (TPSA) is 64.1 Å². The number of likely N-dealkylation sites (N-methyl/N-ethyl adjacent to an activating group) is 1. The number of hydrogen-bond acceptors (Lipinski definition) is 4. The van der Waals surface area contributed by atoms with Gasteiger partial charge in [0.1, 0.15) is 6.04 Å². The largest absolute Gasteiger partial charge is 0.480 e. The lowest BCUT2D eigenvalue weighted by molar-refractivity contribution is -0.144. The standard InChI is InChI=1S/C16H29N3O3/c1-13(16(21)22)19-10-8-18(9-11-19)12-15(20)17(2)14-6-4-3-5-7-14/h13-14H,3-12H2,1-2H3,(H,21,22). The summed E-state index contributed by atoms with van der Waals surface area (Å²) in [5.41, 5.74) is 0. The Balaban J connectivity index is 1.75. The summed E-state index contributed by atoms with van der Waals surface area (Å²) in [6, 6.07) is -0.0302. The number of rotatable bonds is 5. The lowest BCUT2D eigenvalue weighted by Gasteiger charge is -2.38. The molecule has 1 saturated carbocycles. The van der Waals surface area contributed by atoms with E-state index in [1.165, 1.54) is 19.3 Å². The Bertz CT molecular complexity index is 388. The molecule has 0 aromatic carbocycles. The van der Waals surface area contributed by atoms with Crippen molar-refractivity contribution in [2.45, 2.75) is 51.1 Å². The van der Waals surface area contributed by atoms with E-state index >= 15 is 0 Å². The summed E-state index contributed by atoms with van der Waals surface area (Å²) < 4.78 is 0. The molecule has 1 saturated heterocycles. The highest BCUT2D eigenvalue weighted by Crippen LogP contribution is 2.21. The summed E-state index contributed by atoms with van der Waals surface area (Å²) in [6.07, 6.45) is 6.02. The van der Waals surface area contributed by atoms with E-state index in [0.717, 1.165) is 25.9 Å². The predicted octanol–water partition coefficient (Wildman–Crippen LogP) is 0.868. The van der Waals surface area contributed by atoms with E-state index in [2.05, 4.69) is 4.90 Å². The van der Waals surface area contributed by atoms with Crippen molar-refractivity contribution in [1.82, 2.24) is 14.7 Å². The average Bonchev–Trinajstić information content (AvgIpc) is 2.54. The third-order valence-corrected chi connectivity index (χ3v) is 5.19. The Morgan fingerprint density at radius 3 is 2.27 bits per heavy atom. The van der Waals surface area contributed by atoms with Gasteiger partial charge >= 0.3 is 5.97 Å². The van der Waals surface area contributed by atoms with Crippen LogP contribution in [-0.2, 0) is 9.59 Å². The van der Waals surface area contributed by atoms with E-state index in [1.807, 2.05) is 16.8 Å². The van der Waals surface area contributed by atoms with Crippen LogP contribution in [0.2, 0.25) is 0 Å². The highest BCUT2D eigenvalue weighted by Gasteiger charge is 2.28. The molecule has 0 spiro atoms. The molecule has 1 atom stereocenters. The normalized spacial score (nSPS) is 23.2. The molecule has 0 aromatic heterocycles. The summed E-state index contributed by atoms with van der Waals surface area (Å²) in [4.78, 5) is 29.5. The van der Waals surface area contributed by atoms with E-state index in [-0.39, 0.29) is 5.91 Å². The van der Waals surface area contributed by atoms with Gasteiger partial charge in [-0.15, -0.1) is 0 Å². The zero-order chi connectivity index (χ0) is 16.1. The van der Waals surface area contributed by atoms with Gasteiger partial charge in [-0.05, 0) is 19.8 Å². The van der Waals surface area contributed by atoms with Gasteiger partial charge in [-0.2, -0.15) is 0 Å². The first-order chi connectivity index (χ1) is 10.5. The van der Waals surface area contributed by atoms with Crippen LogP contribution in [0.1, 0.15) is 39.0 Å². The molecule has 1 amide bonds. The molecule has 2 rings (SSSR count). The lowest BCUT2D eigenvalue weighted by atomic mass is 9.94. The molecule has 2 aliphatic rings. The fourth-order valence-electron chi connectivity index (χ4n) is 3.44. The SMILES string of the molecule is CC(C(=O)O)N1CCN(CC(=O)N(C)C2CCCCC2)CC1. The van der Waals surface area contributed by atoms with Crippen LogP contribution in [0.25, 0.3) is 0 Å². The molecule has 0 bridgehead atoms. The van der Waals surface area contributed by atoms with Crippen molar-refractivity contribution >= 4 is 11.9 Å². The average molecular weight is 311 g/mol. The number of amides is 1. The molecule has 0 radical (unpaired) electrons. The van der Waals surface area contributed by atoms with Gasteiger partial charge in [0.15, 0.2) is 0 Å². The van der Waals surface area contributed by atoms with Crippen molar-refractivity contribution in [1.29, 1.82) is 0 Å². The number of piperazine rings is 1. The number of carboxylic acid groups (broad SMARTS) is 1. The number of carbonyl (C=O) groups is 2. The van der Waals surface area contributed by atoms with Gasteiger partial charge in [0.2, 0.25) is 5.91 Å². The molecular formula is C16H29N3O3. The zero-order valence-electron chi connectivity index (χ0n) is 13.8. The first-order valence-electron chi connectivity index (χ1n) is 8.44. The van der Waals surface area contributed by atoms with Crippen molar-refractivity contribution in [3.8, 4) is 0 Å². The maximum absolute atomic E-state index is 12.4. The van der Waals surface area contributed by atoms with Crippen molar-refractivity contribution in [3.05, 3.63) is 0 Å². The van der Waals surface area contributed by atoms with E-state index in [1.54, 1.807) is 6.92 Å². The second-order valence-electron chi connectivity index (χ2n) is 6.62. The van der Waals surface area contributed by atoms with E-state index in [9.17, 15) is 9.59 Å². The maximum atomic E-state index is 12.4. The van der Waals surface area contributed by atoms with Crippen LogP contribution in [-0.4, -0.2) is 83.5 Å². The van der Waals surface area contributed by atoms with Crippen LogP contribution < -0.4 is 0 Å². The quantitative estimate of drug-likeness (QED) is 0.816. The van der Waals surface area contributed by atoms with Crippen molar-refractivity contribution in [3.63, 3.8) is 0 Å². The fourth-order valence-corrected chi connectivity index (χ4v) is 3.44. The number of nitrogens with zero attached hydrogens (tertiary/aromatic N) is 3. The number of aliphatic carboxylic acids is 1. The van der Waals surface area contributed by atoms with Crippen LogP contribution in [0.5, 0.6) is 0 Å². The van der Waals surface area contributed by atoms with E-state index in [0.29, 0.717) is 25.7 Å². The van der Waals surface area contributed by atoms with Crippen molar-refractivity contribution < 1.29 is 14.7 Å². The maximum Gasteiger partial charge on any atom is 0.320 e. The molecule has 1 heterocycles. The second-order valence-corrected chi connectivity index (χ2v) is 6.62. The Morgan fingerprint density at radius 2 is 1.73 bits per heavy atom. The Labute approximate surface area is 133 Å². The highest BCUT2D eigenvalue weighted by atomic mass is 16.4. The molecule has 1 unspecified atom stereocenters. The Hall–Kier alpha value is -1.14. The van der Waals surface area contributed by atoms with Gasteiger partial charge in [0.05, 0.1) is 6.54 Å². The predicted molar refractivity (Wildman–Crippen MR) is 84.8 cm³/mol. The van der Waals surface area contributed by atoms with Crippen molar-refractivity contribution in [2.75, 3.05) is 39.8 Å². The number of carbonyl (C=O) groups excluding carboxylic acids is 1. The second kappa shape index (κ2) is 7.92. The third-order valence-electron chi connectivity index (χ3n) is 5.19. The van der Waals surface area contributed by atoms with E-state index in [4.69, 9.17) is 5.11 Å². The van der Waals surface area contributed by atoms with Crippen molar-refractivity contribution in [2.24, 2.45) is 0 Å². The van der Waals surface area contributed by atoms with Crippen LogP contribution in [0.3, 0.4) is 0 Å². The van der Waals surface area contributed by atoms with Crippen LogP contribution in [0.4, 0.5) is 0 Å². The minimum Gasteiger partial charge on any atom is -0.480 e. The summed E-state index contributed by atoms with van der Waals surface area (Å²) in [6.45, 7) is 5.15. The zero-order valence-corrected chi connectivity index (χ0v) is 13.8. The fraction of sp³-hybridized carbons (Fsp3) is 0.875. The molecule has 1 N–H and O–H groups in total. The van der Waals surface area contributed by atoms with Gasteiger partial charge in [0.25, 0.3) is 0 Å². The molecule has 6 nitrogen and oxygen atoms in total. The first-order valence-corrected chi connectivity index (χ1v) is 8.44. The minimum absolute atomic E-state index is 0.201. The third kappa shape index (κ3) is 4.43. The smallest absolute Gasteiger partial charge is 0.320 e. The van der Waals surface area contributed by atoms with Crippen LogP contribution in [0.15, 0.2) is 0 Å². The van der Waals surface area contributed by atoms with Crippen LogP contribution in [0, 0.1) is 0 Å². The lowest BCUT2D eigenvalue weighted by Crippen LogP contribution is -2.54. The van der Waals surface area contributed by atoms with Gasteiger partial charge < -0.3 is 10.0 Å². The molecule has 2 fully saturated rings.